The molecule has 0 radical (unpaired) electrons. The molecule has 0 aliphatic carbocycles. The van der Waals surface area contributed by atoms with Crippen LogP contribution < -0.4 is 0 Å². The van der Waals surface area contributed by atoms with Crippen molar-refractivity contribution in [3.8, 4) is 0 Å². The lowest BCUT2D eigenvalue weighted by atomic mass is 9.93. The molecule has 0 bridgehead atoms. The number of amides is 1. The van der Waals surface area contributed by atoms with E-state index in [0.29, 0.717) is 11.5 Å². The SMILES string of the molecule is Cc1ncc2cncc(C3CCN(C(=O)c4cnc5ccccc5c4)CC3)n12. The first-order valence-electron chi connectivity index (χ1n) is 9.63. The summed E-state index contributed by atoms with van der Waals surface area (Å²) in [6.07, 6.45) is 9.18. The van der Waals surface area contributed by atoms with Gasteiger partial charge in [-0.2, -0.15) is 0 Å². The van der Waals surface area contributed by atoms with Crippen molar-refractivity contribution < 1.29 is 4.79 Å². The van der Waals surface area contributed by atoms with Gasteiger partial charge < -0.3 is 4.90 Å². The van der Waals surface area contributed by atoms with Crippen LogP contribution in [0.5, 0.6) is 0 Å². The lowest BCUT2D eigenvalue weighted by Gasteiger charge is -2.32. The van der Waals surface area contributed by atoms with Gasteiger partial charge in [-0.25, -0.2) is 4.98 Å². The molecule has 4 heterocycles. The molecule has 3 aromatic heterocycles. The van der Waals surface area contributed by atoms with Gasteiger partial charge in [0.1, 0.15) is 5.82 Å². The van der Waals surface area contributed by atoms with Gasteiger partial charge in [0.25, 0.3) is 5.91 Å². The van der Waals surface area contributed by atoms with E-state index < -0.39 is 0 Å². The number of pyridine rings is 1. The van der Waals surface area contributed by atoms with E-state index in [0.717, 1.165) is 48.2 Å². The Bertz CT molecular complexity index is 1170. The van der Waals surface area contributed by atoms with E-state index >= 15 is 0 Å². The Kier molecular flexibility index (Phi) is 4.04. The Hall–Kier alpha value is -3.28. The Morgan fingerprint density at radius 1 is 1.04 bits per heavy atom. The zero-order valence-electron chi connectivity index (χ0n) is 15.7. The van der Waals surface area contributed by atoms with Crippen LogP contribution in [-0.4, -0.2) is 43.2 Å². The van der Waals surface area contributed by atoms with Crippen molar-refractivity contribution >= 4 is 22.3 Å². The summed E-state index contributed by atoms with van der Waals surface area (Å²) in [5.41, 5.74) is 3.78. The molecule has 0 unspecified atom stereocenters. The third-order valence-corrected chi connectivity index (χ3v) is 5.68. The molecule has 140 valence electrons. The van der Waals surface area contributed by atoms with Gasteiger partial charge in [0.05, 0.1) is 29.0 Å². The summed E-state index contributed by atoms with van der Waals surface area (Å²) in [6.45, 7) is 3.49. The zero-order valence-corrected chi connectivity index (χ0v) is 15.7. The molecule has 1 fully saturated rings. The number of fused-ring (bicyclic) bond motifs is 2. The lowest BCUT2D eigenvalue weighted by molar-refractivity contribution is 0.0711. The number of aromatic nitrogens is 4. The number of benzene rings is 1. The van der Waals surface area contributed by atoms with Gasteiger partial charge in [-0.15, -0.1) is 0 Å². The monoisotopic (exact) mass is 371 g/mol. The van der Waals surface area contributed by atoms with Crippen LogP contribution in [0.4, 0.5) is 0 Å². The van der Waals surface area contributed by atoms with E-state index in [9.17, 15) is 4.79 Å². The molecule has 1 aliphatic heterocycles. The first kappa shape index (κ1) is 16.9. The second-order valence-electron chi connectivity index (χ2n) is 7.38. The first-order valence-corrected chi connectivity index (χ1v) is 9.63. The first-order chi connectivity index (χ1) is 13.7. The summed E-state index contributed by atoms with van der Waals surface area (Å²) >= 11 is 0. The lowest BCUT2D eigenvalue weighted by Crippen LogP contribution is -2.38. The van der Waals surface area contributed by atoms with Gasteiger partial charge in [0, 0.05) is 42.5 Å². The van der Waals surface area contributed by atoms with Crippen LogP contribution in [0.1, 0.15) is 40.6 Å². The normalized spacial score (nSPS) is 15.4. The van der Waals surface area contributed by atoms with Crippen molar-refractivity contribution in [1.82, 2.24) is 24.3 Å². The van der Waals surface area contributed by atoms with Crippen LogP contribution in [0.25, 0.3) is 16.4 Å². The Morgan fingerprint density at radius 3 is 2.71 bits per heavy atom. The van der Waals surface area contributed by atoms with Crippen molar-refractivity contribution in [1.29, 1.82) is 0 Å². The Morgan fingerprint density at radius 2 is 1.86 bits per heavy atom. The number of aryl methyl sites for hydroxylation is 1. The molecule has 1 aromatic carbocycles. The van der Waals surface area contributed by atoms with E-state index in [-0.39, 0.29) is 5.91 Å². The highest BCUT2D eigenvalue weighted by molar-refractivity contribution is 5.97. The fraction of sp³-hybridized carbons (Fsp3) is 0.273. The number of nitrogens with zero attached hydrogens (tertiary/aromatic N) is 5. The minimum absolute atomic E-state index is 0.0619. The molecule has 4 aromatic rings. The van der Waals surface area contributed by atoms with E-state index in [1.54, 1.807) is 6.20 Å². The van der Waals surface area contributed by atoms with E-state index in [4.69, 9.17) is 0 Å². The van der Waals surface area contributed by atoms with Crippen LogP contribution >= 0.6 is 0 Å². The molecule has 0 spiro atoms. The van der Waals surface area contributed by atoms with Crippen LogP contribution in [0.2, 0.25) is 0 Å². The molecule has 6 nitrogen and oxygen atoms in total. The number of hydrogen-bond acceptors (Lipinski definition) is 4. The molecular formula is C22H21N5O. The average Bonchev–Trinajstić information content (AvgIpc) is 3.14. The highest BCUT2D eigenvalue weighted by Gasteiger charge is 2.26. The fourth-order valence-corrected chi connectivity index (χ4v) is 4.17. The Labute approximate surface area is 162 Å². The molecular weight excluding hydrogens is 350 g/mol. The van der Waals surface area contributed by atoms with Crippen LogP contribution in [0.15, 0.2) is 55.1 Å². The van der Waals surface area contributed by atoms with Gasteiger partial charge in [-0.05, 0) is 31.9 Å². The third kappa shape index (κ3) is 2.81. The van der Waals surface area contributed by atoms with E-state index in [2.05, 4.69) is 19.4 Å². The topological polar surface area (TPSA) is 63.4 Å². The number of rotatable bonds is 2. The molecule has 1 saturated heterocycles. The predicted octanol–water partition coefficient (Wildman–Crippen LogP) is 3.61. The predicted molar refractivity (Wildman–Crippen MR) is 107 cm³/mol. The number of carbonyl (C=O) groups is 1. The van der Waals surface area contributed by atoms with Crippen molar-refractivity contribution in [3.05, 3.63) is 72.2 Å². The summed E-state index contributed by atoms with van der Waals surface area (Å²) in [5.74, 6) is 1.42. The van der Waals surface area contributed by atoms with Gasteiger partial charge in [-0.3, -0.25) is 19.2 Å². The number of likely N-dealkylation sites (tertiary alicyclic amines) is 1. The highest BCUT2D eigenvalue weighted by Crippen LogP contribution is 2.29. The van der Waals surface area contributed by atoms with E-state index in [1.165, 1.54) is 5.69 Å². The standard InChI is InChI=1S/C22H21N5O/c1-15-24-13-19-12-23-14-21(27(15)19)16-6-8-26(9-7-16)22(28)18-10-17-4-2-3-5-20(17)25-11-18/h2-5,10-14,16H,6-9H2,1H3. The molecule has 0 saturated carbocycles. The van der Waals surface area contributed by atoms with Crippen molar-refractivity contribution in [2.75, 3.05) is 13.1 Å². The fourth-order valence-electron chi connectivity index (χ4n) is 4.17. The summed E-state index contributed by atoms with van der Waals surface area (Å²) in [5, 5.41) is 0.997. The molecule has 1 aliphatic rings. The summed E-state index contributed by atoms with van der Waals surface area (Å²) < 4.78 is 2.18. The summed E-state index contributed by atoms with van der Waals surface area (Å²) in [4.78, 5) is 28.1. The summed E-state index contributed by atoms with van der Waals surface area (Å²) in [7, 11) is 0. The average molecular weight is 371 g/mol. The second-order valence-corrected chi connectivity index (χ2v) is 7.38. The van der Waals surface area contributed by atoms with E-state index in [1.807, 2.05) is 60.7 Å². The van der Waals surface area contributed by atoms with Gasteiger partial charge in [-0.1, -0.05) is 18.2 Å². The maximum Gasteiger partial charge on any atom is 0.255 e. The van der Waals surface area contributed by atoms with Crippen LogP contribution in [-0.2, 0) is 0 Å². The second kappa shape index (κ2) is 6.71. The maximum atomic E-state index is 13.0. The molecule has 5 rings (SSSR count). The van der Waals surface area contributed by atoms with Crippen molar-refractivity contribution in [2.24, 2.45) is 0 Å². The molecule has 0 atom stereocenters. The van der Waals surface area contributed by atoms with Crippen molar-refractivity contribution in [3.63, 3.8) is 0 Å². The minimum atomic E-state index is 0.0619. The largest absolute Gasteiger partial charge is 0.339 e. The van der Waals surface area contributed by atoms with Crippen molar-refractivity contribution in [2.45, 2.75) is 25.7 Å². The van der Waals surface area contributed by atoms with Gasteiger partial charge >= 0.3 is 0 Å². The molecule has 6 heteroatoms. The number of piperidine rings is 1. The zero-order chi connectivity index (χ0) is 19.1. The van der Waals surface area contributed by atoms with Crippen LogP contribution in [0, 0.1) is 6.92 Å². The number of para-hydroxylation sites is 1. The molecule has 1 amide bonds. The quantitative estimate of drug-likeness (QED) is 0.540. The van der Waals surface area contributed by atoms with Crippen LogP contribution in [0.3, 0.4) is 0 Å². The molecule has 0 N–H and O–H groups in total. The third-order valence-electron chi connectivity index (χ3n) is 5.68. The Balaban J connectivity index is 1.35. The number of hydrogen-bond donors (Lipinski definition) is 0. The van der Waals surface area contributed by atoms with Gasteiger partial charge in [0.15, 0.2) is 0 Å². The minimum Gasteiger partial charge on any atom is -0.339 e. The highest BCUT2D eigenvalue weighted by atomic mass is 16.2. The molecule has 28 heavy (non-hydrogen) atoms. The smallest absolute Gasteiger partial charge is 0.255 e. The summed E-state index contributed by atoms with van der Waals surface area (Å²) in [6, 6.07) is 9.82. The van der Waals surface area contributed by atoms with Gasteiger partial charge in [0.2, 0.25) is 0 Å². The maximum absolute atomic E-state index is 13.0. The number of carbonyl (C=O) groups excluding carboxylic acids is 1. The number of imidazole rings is 1.